The maximum atomic E-state index is 11.6. The molecule has 0 bridgehead atoms. The molecule has 0 saturated carbocycles. The van der Waals surface area contributed by atoms with Crippen LogP contribution in [-0.2, 0) is 9.53 Å². The maximum absolute atomic E-state index is 11.6. The molecule has 1 N–H and O–H groups in total. The van der Waals surface area contributed by atoms with E-state index >= 15 is 0 Å². The zero-order valence-electron chi connectivity index (χ0n) is 9.98. The summed E-state index contributed by atoms with van der Waals surface area (Å²) in [7, 11) is 0. The molecule has 0 aromatic heterocycles. The average Bonchev–Trinajstić information content (AvgIpc) is 2.17. The molecule has 0 spiro atoms. The van der Waals surface area contributed by atoms with Crippen LogP contribution in [0.25, 0.3) is 0 Å². The van der Waals surface area contributed by atoms with Crippen LogP contribution in [0.2, 0.25) is 0 Å². The zero-order valence-corrected chi connectivity index (χ0v) is 11.5. The Morgan fingerprint density at radius 2 is 1.75 bits per heavy atom. The van der Waals surface area contributed by atoms with Crippen LogP contribution in [0.4, 0.5) is 0 Å². The quantitative estimate of drug-likeness (QED) is 0.631. The van der Waals surface area contributed by atoms with Gasteiger partial charge in [-0.25, -0.2) is 4.79 Å². The lowest BCUT2D eigenvalue weighted by Gasteiger charge is -2.37. The smallest absolute Gasteiger partial charge is 0.342 e. The van der Waals surface area contributed by atoms with Crippen LogP contribution in [0.3, 0.4) is 0 Å². The second kappa shape index (κ2) is 5.11. The molecule has 16 heavy (non-hydrogen) atoms. The largest absolute Gasteiger partial charge is 0.457 e. The number of nitrogens with one attached hydrogen (secondary N) is 1. The fraction of sp³-hybridized carbons (Fsp3) is 0.909. The fourth-order valence-corrected chi connectivity index (χ4v) is 2.01. The summed E-state index contributed by atoms with van der Waals surface area (Å²) in [4.78, 5) is 11.6. The summed E-state index contributed by atoms with van der Waals surface area (Å²) in [5, 5.41) is 3.28. The van der Waals surface area contributed by atoms with Crippen LogP contribution in [0.15, 0.2) is 0 Å². The van der Waals surface area contributed by atoms with Gasteiger partial charge in [-0.2, -0.15) is 0 Å². The number of rotatable bonds is 3. The molecule has 1 aliphatic heterocycles. The third-order valence-corrected chi connectivity index (χ3v) is 3.35. The van der Waals surface area contributed by atoms with E-state index in [0.29, 0.717) is 5.92 Å². The summed E-state index contributed by atoms with van der Waals surface area (Å²) in [6.45, 7) is 7.19. The van der Waals surface area contributed by atoms with Crippen molar-refractivity contribution in [3.05, 3.63) is 0 Å². The lowest BCUT2D eigenvalue weighted by molar-refractivity contribution is -0.163. The van der Waals surface area contributed by atoms with Gasteiger partial charge in [0.1, 0.15) is 5.60 Å². The van der Waals surface area contributed by atoms with Gasteiger partial charge in [-0.15, -0.1) is 0 Å². The first-order valence-electron chi connectivity index (χ1n) is 5.55. The first kappa shape index (κ1) is 14.1. The number of hydrogen-bond acceptors (Lipinski definition) is 3. The number of piperidine rings is 1. The molecule has 1 rings (SSSR count). The number of hydrogen-bond donors (Lipinski definition) is 1. The van der Waals surface area contributed by atoms with Crippen molar-refractivity contribution < 1.29 is 9.53 Å². The standard InChI is InChI=1S/C11H19Cl2NO2/c1-10(2,8-4-6-14-7-5-8)16-9(15)11(3,12)13/h8,14H,4-7H2,1-3H3. The molecule has 0 aromatic rings. The third kappa shape index (κ3) is 3.79. The minimum atomic E-state index is -1.47. The highest BCUT2D eigenvalue weighted by molar-refractivity contribution is 6.57. The molecular weight excluding hydrogens is 249 g/mol. The van der Waals surface area contributed by atoms with Gasteiger partial charge < -0.3 is 10.1 Å². The predicted octanol–water partition coefficient (Wildman–Crippen LogP) is 2.50. The minimum absolute atomic E-state index is 0.355. The van der Waals surface area contributed by atoms with Crippen LogP contribution in [0.1, 0.15) is 33.6 Å². The van der Waals surface area contributed by atoms with Gasteiger partial charge in [0, 0.05) is 5.92 Å². The van der Waals surface area contributed by atoms with Gasteiger partial charge in [0.05, 0.1) is 0 Å². The normalized spacial score (nSPS) is 19.6. The molecule has 1 fully saturated rings. The Kier molecular flexibility index (Phi) is 4.49. The fourth-order valence-electron chi connectivity index (χ4n) is 1.93. The van der Waals surface area contributed by atoms with Crippen LogP contribution in [0, 0.1) is 5.92 Å². The molecule has 0 unspecified atom stereocenters. The Bertz CT molecular complexity index is 255. The summed E-state index contributed by atoms with van der Waals surface area (Å²) in [6, 6.07) is 0. The van der Waals surface area contributed by atoms with Crippen molar-refractivity contribution in [2.75, 3.05) is 13.1 Å². The van der Waals surface area contributed by atoms with E-state index in [-0.39, 0.29) is 0 Å². The Labute approximate surface area is 107 Å². The van der Waals surface area contributed by atoms with Crippen molar-refractivity contribution in [1.29, 1.82) is 0 Å². The van der Waals surface area contributed by atoms with Crippen LogP contribution in [0.5, 0.6) is 0 Å². The third-order valence-electron chi connectivity index (χ3n) is 3.04. The molecule has 0 radical (unpaired) electrons. The lowest BCUT2D eigenvalue weighted by atomic mass is 9.83. The highest BCUT2D eigenvalue weighted by atomic mass is 35.5. The summed E-state index contributed by atoms with van der Waals surface area (Å²) in [6.07, 6.45) is 2.00. The maximum Gasteiger partial charge on any atom is 0.342 e. The summed E-state index contributed by atoms with van der Waals surface area (Å²) < 4.78 is 3.94. The van der Waals surface area contributed by atoms with E-state index in [4.69, 9.17) is 27.9 Å². The van der Waals surface area contributed by atoms with E-state index in [9.17, 15) is 4.79 Å². The summed E-state index contributed by atoms with van der Waals surface area (Å²) >= 11 is 11.4. The first-order chi connectivity index (χ1) is 7.23. The lowest BCUT2D eigenvalue weighted by Crippen LogP contribution is -2.44. The molecule has 1 saturated heterocycles. The monoisotopic (exact) mass is 267 g/mol. The number of carbonyl (C=O) groups is 1. The molecule has 0 atom stereocenters. The van der Waals surface area contributed by atoms with Gasteiger partial charge in [0.25, 0.3) is 0 Å². The Hall–Kier alpha value is 0.01000. The van der Waals surface area contributed by atoms with Gasteiger partial charge in [0.2, 0.25) is 4.33 Å². The Morgan fingerprint density at radius 1 is 1.25 bits per heavy atom. The van der Waals surface area contributed by atoms with E-state index in [1.54, 1.807) is 0 Å². The topological polar surface area (TPSA) is 38.3 Å². The van der Waals surface area contributed by atoms with Gasteiger partial charge in [-0.1, -0.05) is 23.2 Å². The highest BCUT2D eigenvalue weighted by Gasteiger charge is 2.39. The van der Waals surface area contributed by atoms with E-state index in [1.807, 2.05) is 13.8 Å². The molecule has 0 aliphatic carbocycles. The zero-order chi connectivity index (χ0) is 12.4. The van der Waals surface area contributed by atoms with Crippen molar-refractivity contribution in [1.82, 2.24) is 5.32 Å². The van der Waals surface area contributed by atoms with E-state index < -0.39 is 15.9 Å². The molecule has 3 nitrogen and oxygen atoms in total. The van der Waals surface area contributed by atoms with E-state index in [2.05, 4.69) is 5.32 Å². The molecule has 1 aliphatic rings. The molecular formula is C11H19Cl2NO2. The predicted molar refractivity (Wildman–Crippen MR) is 65.9 cm³/mol. The first-order valence-corrected chi connectivity index (χ1v) is 6.31. The number of carbonyl (C=O) groups excluding carboxylic acids is 1. The average molecular weight is 268 g/mol. The molecule has 94 valence electrons. The second-order valence-corrected chi connectivity index (χ2v) is 6.61. The number of halogens is 2. The van der Waals surface area contributed by atoms with Gasteiger partial charge in [-0.3, -0.25) is 0 Å². The molecule has 5 heteroatoms. The van der Waals surface area contributed by atoms with Crippen molar-refractivity contribution in [3.8, 4) is 0 Å². The number of alkyl halides is 2. The van der Waals surface area contributed by atoms with Gasteiger partial charge >= 0.3 is 5.97 Å². The SMILES string of the molecule is CC(Cl)(Cl)C(=O)OC(C)(C)C1CCNCC1. The van der Waals surface area contributed by atoms with E-state index in [0.717, 1.165) is 25.9 Å². The number of esters is 1. The Balaban J connectivity index is 2.59. The van der Waals surface area contributed by atoms with Crippen molar-refractivity contribution in [3.63, 3.8) is 0 Å². The highest BCUT2D eigenvalue weighted by Crippen LogP contribution is 2.32. The van der Waals surface area contributed by atoms with Crippen molar-refractivity contribution in [2.24, 2.45) is 5.92 Å². The van der Waals surface area contributed by atoms with Crippen molar-refractivity contribution >= 4 is 29.2 Å². The molecule has 0 amide bonds. The van der Waals surface area contributed by atoms with Crippen LogP contribution < -0.4 is 5.32 Å². The van der Waals surface area contributed by atoms with Crippen LogP contribution in [-0.4, -0.2) is 29.0 Å². The molecule has 0 aromatic carbocycles. The second-order valence-electron chi connectivity index (χ2n) is 4.91. The van der Waals surface area contributed by atoms with Gasteiger partial charge in [0.15, 0.2) is 0 Å². The summed E-state index contributed by atoms with van der Waals surface area (Å²) in [5.74, 6) is -0.215. The van der Waals surface area contributed by atoms with Crippen molar-refractivity contribution in [2.45, 2.75) is 43.5 Å². The van der Waals surface area contributed by atoms with Gasteiger partial charge in [-0.05, 0) is 46.7 Å². The molecule has 1 heterocycles. The number of ether oxygens (including phenoxy) is 1. The Morgan fingerprint density at radius 3 is 2.19 bits per heavy atom. The van der Waals surface area contributed by atoms with Crippen LogP contribution >= 0.6 is 23.2 Å². The van der Waals surface area contributed by atoms with E-state index in [1.165, 1.54) is 6.92 Å². The summed E-state index contributed by atoms with van der Waals surface area (Å²) in [5.41, 5.74) is -0.510. The minimum Gasteiger partial charge on any atom is -0.457 e.